The maximum absolute atomic E-state index is 5.15. The molecule has 0 saturated heterocycles. The molecule has 0 aromatic rings. The highest BCUT2D eigenvalue weighted by Gasteiger charge is 2.20. The molecular weight excluding hydrogens is 159 g/mol. The lowest BCUT2D eigenvalue weighted by molar-refractivity contribution is 1.64. The normalized spacial score (nSPS) is 11.8. The van der Waals surface area contributed by atoms with Gasteiger partial charge in [-0.1, -0.05) is 0 Å². The second kappa shape index (κ2) is 2.43. The van der Waals surface area contributed by atoms with Gasteiger partial charge in [0.1, 0.15) is 0 Å². The summed E-state index contributed by atoms with van der Waals surface area (Å²) >= 11 is 15.5. The summed E-state index contributed by atoms with van der Waals surface area (Å²) in [7, 11) is 4.72. The monoisotopic (exact) mass is 159 g/mol. The first-order valence-corrected chi connectivity index (χ1v) is 6.14. The molecule has 0 atom stereocenters. The van der Waals surface area contributed by atoms with Crippen LogP contribution >= 0.6 is 33.2 Å². The van der Waals surface area contributed by atoms with E-state index in [-0.39, 0.29) is 0 Å². The van der Waals surface area contributed by atoms with Crippen molar-refractivity contribution in [1.29, 1.82) is 0 Å². The Labute approximate surface area is 52.6 Å². The van der Waals surface area contributed by atoms with E-state index in [0.717, 1.165) is 0 Å². The number of rotatable bonds is 1. The van der Waals surface area contributed by atoms with Crippen LogP contribution in [-0.4, -0.2) is 14.1 Å². The third kappa shape index (κ3) is 5.11. The molecule has 6 heavy (non-hydrogen) atoms. The van der Waals surface area contributed by atoms with Gasteiger partial charge in [0.05, 0.1) is 0 Å². The number of halogens is 3. The van der Waals surface area contributed by atoms with E-state index < -0.39 is 6.16 Å². The SMILES string of the molecule is [B]N[Si](Cl)(Cl)Cl. The molecule has 0 aromatic carbocycles. The van der Waals surface area contributed by atoms with E-state index in [1.807, 2.05) is 4.89 Å². The molecule has 0 aromatic heterocycles. The largest absolute Gasteiger partial charge is 0.410 e. The highest BCUT2D eigenvalue weighted by Crippen LogP contribution is 2.13. The first kappa shape index (κ1) is 7.11. The van der Waals surface area contributed by atoms with Gasteiger partial charge in [-0.15, -0.1) is 33.2 Å². The predicted molar refractivity (Wildman–Crippen MR) is 32.2 cm³/mol. The van der Waals surface area contributed by atoms with Gasteiger partial charge in [-0.3, -0.25) is 0 Å². The lowest BCUT2D eigenvalue weighted by Gasteiger charge is -2.01. The van der Waals surface area contributed by atoms with Crippen LogP contribution in [0.3, 0.4) is 0 Å². The lowest BCUT2D eigenvalue weighted by atomic mass is 10.5. The van der Waals surface area contributed by atoms with E-state index in [4.69, 9.17) is 41.2 Å². The Morgan fingerprint density at radius 2 is 1.50 bits per heavy atom. The van der Waals surface area contributed by atoms with Crippen LogP contribution in [-0.2, 0) is 0 Å². The van der Waals surface area contributed by atoms with Gasteiger partial charge in [-0.25, -0.2) is 0 Å². The Morgan fingerprint density at radius 3 is 1.50 bits per heavy atom. The fourth-order valence-electron chi connectivity index (χ4n) is 0. The minimum Gasteiger partial charge on any atom is -0.352 e. The van der Waals surface area contributed by atoms with Crippen molar-refractivity contribution >= 4 is 47.4 Å². The molecule has 0 amide bonds. The van der Waals surface area contributed by atoms with E-state index in [0.29, 0.717) is 0 Å². The molecule has 1 N–H and O–H groups in total. The Morgan fingerprint density at radius 1 is 1.33 bits per heavy atom. The standard InChI is InChI=1S/BCl3HNSi/c1-5-6(2,3)4/h5H. The zero-order valence-electron chi connectivity index (χ0n) is 2.71. The number of hydrogen-bond donors (Lipinski definition) is 1. The first-order chi connectivity index (χ1) is 2.56. The summed E-state index contributed by atoms with van der Waals surface area (Å²) in [6, 6.07) is 0. The number of hydrogen-bond acceptors (Lipinski definition) is 1. The minimum absolute atomic E-state index is 2.04. The Balaban J connectivity index is 3.17. The van der Waals surface area contributed by atoms with Crippen molar-refractivity contribution in [3.63, 3.8) is 0 Å². The van der Waals surface area contributed by atoms with Crippen molar-refractivity contribution in [3.05, 3.63) is 0 Å². The molecule has 0 aliphatic rings. The third-order valence-corrected chi connectivity index (χ3v) is 1.47. The van der Waals surface area contributed by atoms with Crippen LogP contribution in [0.15, 0.2) is 0 Å². The summed E-state index contributed by atoms with van der Waals surface area (Å²) < 4.78 is 0. The number of nitrogens with one attached hydrogen (secondary N) is 1. The molecule has 0 spiro atoms. The van der Waals surface area contributed by atoms with E-state index in [2.05, 4.69) is 0 Å². The van der Waals surface area contributed by atoms with E-state index >= 15 is 0 Å². The van der Waals surface area contributed by atoms with Crippen molar-refractivity contribution in [1.82, 2.24) is 4.89 Å². The van der Waals surface area contributed by atoms with Crippen molar-refractivity contribution < 1.29 is 0 Å². The van der Waals surface area contributed by atoms with Crippen LogP contribution in [0.5, 0.6) is 0 Å². The van der Waals surface area contributed by atoms with Crippen LogP contribution in [0, 0.1) is 0 Å². The van der Waals surface area contributed by atoms with E-state index in [9.17, 15) is 0 Å². The van der Waals surface area contributed by atoms with Gasteiger partial charge in [0.2, 0.25) is 0 Å². The lowest BCUT2D eigenvalue weighted by Crippen LogP contribution is -2.31. The predicted octanol–water partition coefficient (Wildman–Crippen LogP) is 0.811. The Bertz CT molecular complexity index is 40.5. The van der Waals surface area contributed by atoms with Crippen molar-refractivity contribution in [3.8, 4) is 0 Å². The summed E-state index contributed by atoms with van der Waals surface area (Å²) in [6.07, 6.45) is -2.69. The smallest absolute Gasteiger partial charge is 0.352 e. The van der Waals surface area contributed by atoms with Gasteiger partial charge in [0.15, 0.2) is 7.98 Å². The van der Waals surface area contributed by atoms with Crippen LogP contribution < -0.4 is 4.89 Å². The minimum atomic E-state index is -2.69. The van der Waals surface area contributed by atoms with Crippen molar-refractivity contribution in [2.75, 3.05) is 0 Å². The highest BCUT2D eigenvalue weighted by atomic mass is 35.8. The molecule has 0 saturated carbocycles. The summed E-state index contributed by atoms with van der Waals surface area (Å²) in [5.41, 5.74) is 0. The highest BCUT2D eigenvalue weighted by molar-refractivity contribution is 7.64. The zero-order valence-corrected chi connectivity index (χ0v) is 5.98. The fourth-order valence-corrected chi connectivity index (χ4v) is 0. The van der Waals surface area contributed by atoms with Gasteiger partial charge >= 0.3 is 6.16 Å². The van der Waals surface area contributed by atoms with Crippen molar-refractivity contribution in [2.45, 2.75) is 0 Å². The molecular formula is HBCl3NSi. The van der Waals surface area contributed by atoms with Crippen LogP contribution in [0.25, 0.3) is 0 Å². The molecule has 0 aliphatic heterocycles. The van der Waals surface area contributed by atoms with E-state index in [1.54, 1.807) is 0 Å². The summed E-state index contributed by atoms with van der Waals surface area (Å²) in [5, 5.41) is 0. The first-order valence-electron chi connectivity index (χ1n) is 1.11. The van der Waals surface area contributed by atoms with Gasteiger partial charge in [-0.2, -0.15) is 0 Å². The van der Waals surface area contributed by atoms with Gasteiger partial charge in [-0.05, 0) is 0 Å². The van der Waals surface area contributed by atoms with Gasteiger partial charge in [0, 0.05) is 0 Å². The molecule has 2 radical (unpaired) electrons. The summed E-state index contributed by atoms with van der Waals surface area (Å²) in [6.45, 7) is 0. The molecule has 0 heterocycles. The Kier molecular flexibility index (Phi) is 2.88. The quantitative estimate of drug-likeness (QED) is 0.442. The van der Waals surface area contributed by atoms with Crippen LogP contribution in [0.2, 0.25) is 0 Å². The Hall–Kier alpha value is 1.11. The third-order valence-electron chi connectivity index (χ3n) is 0.164. The van der Waals surface area contributed by atoms with Crippen LogP contribution in [0.4, 0.5) is 0 Å². The molecule has 1 nitrogen and oxygen atoms in total. The molecule has 6 heteroatoms. The molecule has 0 fully saturated rings. The van der Waals surface area contributed by atoms with Crippen molar-refractivity contribution in [2.24, 2.45) is 0 Å². The average Bonchev–Trinajstić information content (AvgIpc) is 1.35. The summed E-state index contributed by atoms with van der Waals surface area (Å²) in [5.74, 6) is 0. The zero-order chi connectivity index (χ0) is 5.21. The maximum Gasteiger partial charge on any atom is 0.410 e. The average molecular weight is 160 g/mol. The topological polar surface area (TPSA) is 12.0 Å². The maximum atomic E-state index is 5.15. The summed E-state index contributed by atoms with van der Waals surface area (Å²) in [4.78, 5) is 2.04. The fraction of sp³-hybridized carbons (Fsp3) is 0. The molecule has 0 rings (SSSR count). The molecule has 0 bridgehead atoms. The van der Waals surface area contributed by atoms with E-state index in [1.165, 1.54) is 0 Å². The van der Waals surface area contributed by atoms with Crippen LogP contribution in [0.1, 0.15) is 0 Å². The second-order valence-corrected chi connectivity index (χ2v) is 8.77. The second-order valence-electron chi connectivity index (χ2n) is 0.642. The molecule has 0 unspecified atom stereocenters. The van der Waals surface area contributed by atoms with Gasteiger partial charge < -0.3 is 4.89 Å². The molecule has 0 aliphatic carbocycles. The molecule has 34 valence electrons. The van der Waals surface area contributed by atoms with Gasteiger partial charge in [0.25, 0.3) is 0 Å².